The summed E-state index contributed by atoms with van der Waals surface area (Å²) in [5.41, 5.74) is 0. The molecule has 1 aromatic rings. The Morgan fingerprint density at radius 3 is 2.85 bits per heavy atom. The summed E-state index contributed by atoms with van der Waals surface area (Å²) in [5, 5.41) is 7.88. The van der Waals surface area contributed by atoms with Gasteiger partial charge in [-0.25, -0.2) is 9.98 Å². The molecule has 0 aromatic carbocycles. The number of hydrogen-bond acceptors (Lipinski definition) is 4. The van der Waals surface area contributed by atoms with Gasteiger partial charge in [-0.15, -0.1) is 35.3 Å². The number of thiazole rings is 1. The van der Waals surface area contributed by atoms with Gasteiger partial charge in [-0.05, 0) is 59.0 Å². The highest BCUT2D eigenvalue weighted by Crippen LogP contribution is 2.16. The first kappa shape index (κ1) is 23.6. The van der Waals surface area contributed by atoms with Crippen LogP contribution in [0.5, 0.6) is 0 Å². The SMILES string of the molecule is CCNC(=NCc1ncc(CC)s1)NCCCCN1CCCCC1C.I. The van der Waals surface area contributed by atoms with Crippen LogP contribution in [-0.4, -0.2) is 48.1 Å². The van der Waals surface area contributed by atoms with E-state index in [9.17, 15) is 0 Å². The maximum Gasteiger partial charge on any atom is 0.191 e. The molecule has 0 saturated carbocycles. The summed E-state index contributed by atoms with van der Waals surface area (Å²) >= 11 is 1.76. The number of unbranched alkanes of at least 4 members (excludes halogenated alkanes) is 1. The molecular weight excluding hydrogens is 457 g/mol. The molecular formula is C19H36IN5S. The summed E-state index contributed by atoms with van der Waals surface area (Å²) in [5.74, 6) is 0.905. The maximum atomic E-state index is 4.66. The third kappa shape index (κ3) is 8.52. The van der Waals surface area contributed by atoms with Gasteiger partial charge >= 0.3 is 0 Å². The van der Waals surface area contributed by atoms with Crippen LogP contribution in [0.3, 0.4) is 0 Å². The van der Waals surface area contributed by atoms with Crippen molar-refractivity contribution in [3.05, 3.63) is 16.1 Å². The van der Waals surface area contributed by atoms with E-state index in [0.717, 1.165) is 36.5 Å². The Bertz CT molecular complexity index is 520. The lowest BCUT2D eigenvalue weighted by molar-refractivity contribution is 0.158. The number of aliphatic imine (C=N–C) groups is 1. The molecule has 150 valence electrons. The highest BCUT2D eigenvalue weighted by molar-refractivity contribution is 14.0. The molecule has 1 aliphatic rings. The fraction of sp³-hybridized carbons (Fsp3) is 0.789. The number of guanidine groups is 1. The number of hydrogen-bond donors (Lipinski definition) is 2. The number of piperidine rings is 1. The van der Waals surface area contributed by atoms with Crippen molar-refractivity contribution in [1.29, 1.82) is 0 Å². The van der Waals surface area contributed by atoms with Crippen molar-refractivity contribution >= 4 is 41.3 Å². The number of aromatic nitrogens is 1. The van der Waals surface area contributed by atoms with Crippen LogP contribution in [-0.2, 0) is 13.0 Å². The van der Waals surface area contributed by atoms with Crippen LogP contribution < -0.4 is 10.6 Å². The molecule has 0 amide bonds. The molecule has 0 spiro atoms. The van der Waals surface area contributed by atoms with E-state index in [2.05, 4.69) is 46.3 Å². The Morgan fingerprint density at radius 1 is 1.31 bits per heavy atom. The number of likely N-dealkylation sites (tertiary alicyclic amines) is 1. The largest absolute Gasteiger partial charge is 0.357 e. The van der Waals surface area contributed by atoms with E-state index in [1.807, 2.05) is 6.20 Å². The number of nitrogens with zero attached hydrogens (tertiary/aromatic N) is 3. The van der Waals surface area contributed by atoms with Crippen molar-refractivity contribution in [2.24, 2.45) is 4.99 Å². The van der Waals surface area contributed by atoms with Gasteiger partial charge in [-0.1, -0.05) is 13.3 Å². The summed E-state index contributed by atoms with van der Waals surface area (Å²) in [6.07, 6.45) is 9.60. The van der Waals surface area contributed by atoms with Crippen LogP contribution in [0.4, 0.5) is 0 Å². The van der Waals surface area contributed by atoms with E-state index in [1.54, 1.807) is 11.3 Å². The summed E-state index contributed by atoms with van der Waals surface area (Å²) < 4.78 is 0. The predicted octanol–water partition coefficient (Wildman–Crippen LogP) is 4.03. The van der Waals surface area contributed by atoms with Crippen LogP contribution in [0, 0.1) is 0 Å². The van der Waals surface area contributed by atoms with E-state index in [4.69, 9.17) is 0 Å². The zero-order valence-corrected chi connectivity index (χ0v) is 19.7. The van der Waals surface area contributed by atoms with Crippen molar-refractivity contribution in [1.82, 2.24) is 20.5 Å². The number of halogens is 1. The van der Waals surface area contributed by atoms with Gasteiger partial charge in [-0.2, -0.15) is 0 Å². The summed E-state index contributed by atoms with van der Waals surface area (Å²) in [6.45, 7) is 11.7. The lowest BCUT2D eigenvalue weighted by Gasteiger charge is -2.33. The first-order chi connectivity index (χ1) is 12.2. The number of nitrogens with one attached hydrogen (secondary N) is 2. The highest BCUT2D eigenvalue weighted by atomic mass is 127. The fourth-order valence-electron chi connectivity index (χ4n) is 3.21. The molecule has 1 aliphatic heterocycles. The monoisotopic (exact) mass is 493 g/mol. The zero-order valence-electron chi connectivity index (χ0n) is 16.6. The smallest absolute Gasteiger partial charge is 0.191 e. The highest BCUT2D eigenvalue weighted by Gasteiger charge is 2.16. The first-order valence-electron chi connectivity index (χ1n) is 9.92. The van der Waals surface area contributed by atoms with Gasteiger partial charge < -0.3 is 15.5 Å². The number of rotatable bonds is 9. The van der Waals surface area contributed by atoms with E-state index in [1.165, 1.54) is 50.1 Å². The van der Waals surface area contributed by atoms with E-state index in [-0.39, 0.29) is 24.0 Å². The van der Waals surface area contributed by atoms with Gasteiger partial charge in [0.05, 0.1) is 6.54 Å². The molecule has 1 atom stereocenters. The van der Waals surface area contributed by atoms with Crippen LogP contribution >= 0.6 is 35.3 Å². The third-order valence-corrected chi connectivity index (χ3v) is 5.90. The second-order valence-electron chi connectivity index (χ2n) is 6.78. The fourth-order valence-corrected chi connectivity index (χ4v) is 4.00. The molecule has 1 saturated heterocycles. The molecule has 0 bridgehead atoms. The molecule has 2 N–H and O–H groups in total. The van der Waals surface area contributed by atoms with Crippen molar-refractivity contribution in [2.75, 3.05) is 26.2 Å². The average molecular weight is 494 g/mol. The van der Waals surface area contributed by atoms with Gasteiger partial charge in [-0.3, -0.25) is 0 Å². The molecule has 2 heterocycles. The molecule has 7 heteroatoms. The minimum Gasteiger partial charge on any atom is -0.357 e. The Balaban J connectivity index is 0.00000338. The Kier molecular flexibility index (Phi) is 12.5. The molecule has 26 heavy (non-hydrogen) atoms. The molecule has 0 radical (unpaired) electrons. The van der Waals surface area contributed by atoms with Crippen molar-refractivity contribution < 1.29 is 0 Å². The summed E-state index contributed by atoms with van der Waals surface area (Å²) in [6, 6.07) is 0.770. The van der Waals surface area contributed by atoms with Gasteiger partial charge in [0.2, 0.25) is 0 Å². The molecule has 5 nitrogen and oxygen atoms in total. The topological polar surface area (TPSA) is 52.6 Å². The van der Waals surface area contributed by atoms with Gasteiger partial charge in [0.1, 0.15) is 5.01 Å². The van der Waals surface area contributed by atoms with Gasteiger partial charge in [0.25, 0.3) is 0 Å². The Labute approximate surface area is 180 Å². The van der Waals surface area contributed by atoms with Gasteiger partial charge in [0, 0.05) is 30.2 Å². The summed E-state index contributed by atoms with van der Waals surface area (Å²) in [7, 11) is 0. The quantitative estimate of drug-likeness (QED) is 0.236. The maximum absolute atomic E-state index is 4.66. The van der Waals surface area contributed by atoms with E-state index in [0.29, 0.717) is 6.54 Å². The van der Waals surface area contributed by atoms with Crippen LogP contribution in [0.15, 0.2) is 11.2 Å². The second kappa shape index (κ2) is 13.7. The Hall–Kier alpha value is -0.410. The van der Waals surface area contributed by atoms with Crippen LogP contribution in [0.2, 0.25) is 0 Å². The molecule has 1 aromatic heterocycles. The molecule has 2 rings (SSSR count). The van der Waals surface area contributed by atoms with Crippen LogP contribution in [0.1, 0.15) is 62.8 Å². The molecule has 1 unspecified atom stereocenters. The van der Waals surface area contributed by atoms with Crippen molar-refractivity contribution in [3.8, 4) is 0 Å². The van der Waals surface area contributed by atoms with Gasteiger partial charge in [0.15, 0.2) is 5.96 Å². The Morgan fingerprint density at radius 2 is 2.15 bits per heavy atom. The lowest BCUT2D eigenvalue weighted by Crippen LogP contribution is -2.39. The van der Waals surface area contributed by atoms with E-state index >= 15 is 0 Å². The minimum atomic E-state index is 0. The van der Waals surface area contributed by atoms with Crippen molar-refractivity contribution in [3.63, 3.8) is 0 Å². The number of aryl methyl sites for hydroxylation is 1. The predicted molar refractivity (Wildman–Crippen MR) is 124 cm³/mol. The van der Waals surface area contributed by atoms with E-state index < -0.39 is 0 Å². The molecule has 0 aliphatic carbocycles. The molecule has 1 fully saturated rings. The summed E-state index contributed by atoms with van der Waals surface area (Å²) in [4.78, 5) is 13.1. The minimum absolute atomic E-state index is 0. The van der Waals surface area contributed by atoms with Crippen LogP contribution in [0.25, 0.3) is 0 Å². The zero-order chi connectivity index (χ0) is 17.9. The van der Waals surface area contributed by atoms with Crippen molar-refractivity contribution in [2.45, 2.75) is 71.9 Å². The lowest BCUT2D eigenvalue weighted by atomic mass is 10.0. The average Bonchev–Trinajstić information content (AvgIpc) is 3.09. The standard InChI is InChI=1S/C19H35N5S.HI/c1-4-17-14-22-18(25-17)15-23-19(20-5-2)21-11-7-9-13-24-12-8-6-10-16(24)3;/h14,16H,4-13,15H2,1-3H3,(H2,20,21,23);1H. The second-order valence-corrected chi connectivity index (χ2v) is 7.98. The normalized spacial score (nSPS) is 18.4. The first-order valence-corrected chi connectivity index (χ1v) is 10.7. The third-order valence-electron chi connectivity index (χ3n) is 4.77.